The number of ether oxygens (including phenoxy) is 1. The lowest BCUT2D eigenvalue weighted by atomic mass is 9.93. The van der Waals surface area contributed by atoms with Crippen molar-refractivity contribution in [2.24, 2.45) is 5.92 Å². The van der Waals surface area contributed by atoms with Crippen LogP contribution in [0.25, 0.3) is 0 Å². The topological polar surface area (TPSA) is 89.8 Å². The Morgan fingerprint density at radius 2 is 1.78 bits per heavy atom. The predicted octanol–water partition coefficient (Wildman–Crippen LogP) is 5.74. The van der Waals surface area contributed by atoms with Crippen molar-refractivity contribution in [1.29, 1.82) is 5.26 Å². The molecule has 2 atom stereocenters. The third-order valence-corrected chi connectivity index (χ3v) is 8.56. The standard InChI is InChI=1S/C30H28Cl2FN5O3/c1-36(30(40)41-23-6-4-22(33)5-7-23)27-18-38(17-24(27)21-3-8-25(31)26(32)14-21)29(39)20-10-12-37(13-11-20)28-9-2-19(15-34)16-35-28/h2-9,14,16,20,24,27H,10-13,17-18H2,1H3/t24-,27+/m1/s1. The van der Waals surface area contributed by atoms with Crippen molar-refractivity contribution in [3.63, 3.8) is 0 Å². The van der Waals surface area contributed by atoms with Gasteiger partial charge in [-0.1, -0.05) is 29.3 Å². The third kappa shape index (κ3) is 6.39. The average Bonchev–Trinajstić information content (AvgIpc) is 3.44. The van der Waals surface area contributed by atoms with Crippen molar-refractivity contribution in [2.75, 3.05) is 38.1 Å². The molecule has 8 nitrogen and oxygen atoms in total. The summed E-state index contributed by atoms with van der Waals surface area (Å²) in [4.78, 5) is 36.6. The van der Waals surface area contributed by atoms with Crippen LogP contribution in [-0.4, -0.2) is 66.1 Å². The highest BCUT2D eigenvalue weighted by Gasteiger charge is 2.42. The molecule has 0 spiro atoms. The van der Waals surface area contributed by atoms with Gasteiger partial charge in [0.1, 0.15) is 23.5 Å². The van der Waals surface area contributed by atoms with Gasteiger partial charge in [0.05, 0.1) is 21.7 Å². The summed E-state index contributed by atoms with van der Waals surface area (Å²) in [5.41, 5.74) is 1.37. The quantitative estimate of drug-likeness (QED) is 0.373. The number of benzene rings is 2. The van der Waals surface area contributed by atoms with E-state index >= 15 is 0 Å². The normalized spacial score (nSPS) is 19.1. The lowest BCUT2D eigenvalue weighted by Gasteiger charge is -2.34. The summed E-state index contributed by atoms with van der Waals surface area (Å²) in [7, 11) is 1.64. The van der Waals surface area contributed by atoms with Crippen LogP contribution in [0.2, 0.25) is 10.0 Å². The van der Waals surface area contributed by atoms with E-state index in [-0.39, 0.29) is 29.5 Å². The minimum atomic E-state index is -0.607. The Labute approximate surface area is 247 Å². The number of piperidine rings is 1. The molecule has 0 radical (unpaired) electrons. The van der Waals surface area contributed by atoms with E-state index in [2.05, 4.69) is 16.0 Å². The fourth-order valence-electron chi connectivity index (χ4n) is 5.49. The molecule has 2 fully saturated rings. The zero-order valence-electron chi connectivity index (χ0n) is 22.3. The van der Waals surface area contributed by atoms with E-state index in [0.717, 1.165) is 11.4 Å². The number of carbonyl (C=O) groups is 2. The van der Waals surface area contributed by atoms with E-state index in [1.807, 2.05) is 17.0 Å². The average molecular weight is 596 g/mol. The monoisotopic (exact) mass is 595 g/mol. The molecule has 41 heavy (non-hydrogen) atoms. The second-order valence-corrected chi connectivity index (χ2v) is 11.1. The molecule has 0 saturated carbocycles. The Bertz CT molecular complexity index is 1460. The molecule has 0 N–H and O–H groups in total. The summed E-state index contributed by atoms with van der Waals surface area (Å²) < 4.78 is 18.8. The van der Waals surface area contributed by atoms with Crippen molar-refractivity contribution in [1.82, 2.24) is 14.8 Å². The highest BCUT2D eigenvalue weighted by atomic mass is 35.5. The van der Waals surface area contributed by atoms with Crippen LogP contribution in [0, 0.1) is 23.1 Å². The molecule has 2 amide bonds. The summed E-state index contributed by atoms with van der Waals surface area (Å²) in [6.07, 6.45) is 2.28. The number of hydrogen-bond acceptors (Lipinski definition) is 6. The molecule has 2 aliphatic heterocycles. The van der Waals surface area contributed by atoms with Gasteiger partial charge >= 0.3 is 6.09 Å². The molecule has 2 saturated heterocycles. The first-order valence-corrected chi connectivity index (χ1v) is 14.0. The number of halogens is 3. The van der Waals surface area contributed by atoms with Gasteiger partial charge in [-0.3, -0.25) is 4.79 Å². The lowest BCUT2D eigenvalue weighted by molar-refractivity contribution is -0.135. The second-order valence-electron chi connectivity index (χ2n) is 10.3. The van der Waals surface area contributed by atoms with Gasteiger partial charge in [-0.05, 0) is 66.9 Å². The molecule has 3 aromatic rings. The molecule has 3 heterocycles. The van der Waals surface area contributed by atoms with Crippen LogP contribution in [0.3, 0.4) is 0 Å². The number of carbonyl (C=O) groups excluding carboxylic acids is 2. The molecular formula is C30H28Cl2FN5O3. The highest BCUT2D eigenvalue weighted by molar-refractivity contribution is 6.42. The maximum Gasteiger partial charge on any atom is 0.415 e. The van der Waals surface area contributed by atoms with E-state index in [9.17, 15) is 14.0 Å². The maximum absolute atomic E-state index is 13.7. The number of likely N-dealkylation sites (tertiary alicyclic amines) is 1. The summed E-state index contributed by atoms with van der Waals surface area (Å²) in [6.45, 7) is 2.09. The van der Waals surface area contributed by atoms with Crippen LogP contribution in [0.4, 0.5) is 15.0 Å². The van der Waals surface area contributed by atoms with Gasteiger partial charge in [0.15, 0.2) is 0 Å². The molecule has 11 heteroatoms. The largest absolute Gasteiger partial charge is 0.415 e. The third-order valence-electron chi connectivity index (χ3n) is 7.82. The molecule has 2 aromatic carbocycles. The first-order valence-electron chi connectivity index (χ1n) is 13.3. The lowest BCUT2D eigenvalue weighted by Crippen LogP contribution is -2.45. The van der Waals surface area contributed by atoms with Gasteiger partial charge in [-0.2, -0.15) is 5.26 Å². The number of nitriles is 1. The summed E-state index contributed by atoms with van der Waals surface area (Å²) in [5.74, 6) is 0.254. The molecule has 0 unspecified atom stereocenters. The van der Waals surface area contributed by atoms with Gasteiger partial charge in [-0.25, -0.2) is 14.2 Å². The van der Waals surface area contributed by atoms with Crippen LogP contribution < -0.4 is 9.64 Å². The Kier molecular flexibility index (Phi) is 8.62. The van der Waals surface area contributed by atoms with Gasteiger partial charge in [-0.15, -0.1) is 0 Å². The summed E-state index contributed by atoms with van der Waals surface area (Å²) in [5, 5.41) is 9.83. The second kappa shape index (κ2) is 12.3. The van der Waals surface area contributed by atoms with Crippen LogP contribution >= 0.6 is 23.2 Å². The Balaban J connectivity index is 1.29. The van der Waals surface area contributed by atoms with E-state index in [1.54, 1.807) is 31.4 Å². The van der Waals surface area contributed by atoms with E-state index in [0.29, 0.717) is 54.6 Å². The predicted molar refractivity (Wildman–Crippen MR) is 154 cm³/mol. The number of amides is 2. The smallest absolute Gasteiger partial charge is 0.410 e. The van der Waals surface area contributed by atoms with Gasteiger partial charge in [0.25, 0.3) is 0 Å². The molecule has 2 aliphatic rings. The zero-order valence-corrected chi connectivity index (χ0v) is 23.9. The van der Waals surface area contributed by atoms with E-state index in [1.165, 1.54) is 29.2 Å². The molecular weight excluding hydrogens is 568 g/mol. The molecule has 212 valence electrons. The van der Waals surface area contributed by atoms with Crippen LogP contribution in [-0.2, 0) is 4.79 Å². The van der Waals surface area contributed by atoms with Crippen molar-refractivity contribution in [3.8, 4) is 11.8 Å². The Morgan fingerprint density at radius 3 is 2.41 bits per heavy atom. The number of rotatable bonds is 5. The van der Waals surface area contributed by atoms with Crippen molar-refractivity contribution in [2.45, 2.75) is 24.8 Å². The van der Waals surface area contributed by atoms with Gasteiger partial charge in [0.2, 0.25) is 5.91 Å². The van der Waals surface area contributed by atoms with Crippen LogP contribution in [0.1, 0.15) is 29.9 Å². The fraction of sp³-hybridized carbons (Fsp3) is 0.333. The van der Waals surface area contributed by atoms with Crippen LogP contribution in [0.5, 0.6) is 5.75 Å². The number of aromatic nitrogens is 1. The van der Waals surface area contributed by atoms with Crippen molar-refractivity contribution >= 4 is 41.0 Å². The van der Waals surface area contributed by atoms with Gasteiger partial charge in [0, 0.05) is 51.3 Å². The number of nitrogens with zero attached hydrogens (tertiary/aromatic N) is 5. The zero-order chi connectivity index (χ0) is 29.1. The van der Waals surface area contributed by atoms with Crippen molar-refractivity contribution in [3.05, 3.63) is 87.8 Å². The SMILES string of the molecule is CN(C(=O)Oc1ccc(F)cc1)[C@H]1CN(C(=O)C2CCN(c3ccc(C#N)cn3)CC2)C[C@@H]1c1ccc(Cl)c(Cl)c1. The minimum Gasteiger partial charge on any atom is -0.410 e. The number of likely N-dealkylation sites (N-methyl/N-ethyl adjacent to an activating group) is 1. The maximum atomic E-state index is 13.7. The van der Waals surface area contributed by atoms with E-state index < -0.39 is 11.9 Å². The molecule has 1 aromatic heterocycles. The highest BCUT2D eigenvalue weighted by Crippen LogP contribution is 2.36. The Morgan fingerprint density at radius 1 is 1.05 bits per heavy atom. The molecule has 0 aliphatic carbocycles. The summed E-state index contributed by atoms with van der Waals surface area (Å²) >= 11 is 12.5. The molecule has 0 bridgehead atoms. The Hall–Kier alpha value is -3.87. The first-order chi connectivity index (χ1) is 19.7. The molecule has 5 rings (SSSR count). The first kappa shape index (κ1) is 28.7. The number of hydrogen-bond donors (Lipinski definition) is 0. The fourth-order valence-corrected chi connectivity index (χ4v) is 5.80. The number of pyridine rings is 1. The van der Waals surface area contributed by atoms with Gasteiger partial charge < -0.3 is 19.4 Å². The van der Waals surface area contributed by atoms with E-state index in [4.69, 9.17) is 33.2 Å². The minimum absolute atomic E-state index is 0.0466. The summed E-state index contributed by atoms with van der Waals surface area (Å²) in [6, 6.07) is 15.8. The number of anilines is 1. The van der Waals surface area contributed by atoms with Crippen molar-refractivity contribution < 1.29 is 18.7 Å². The van der Waals surface area contributed by atoms with Crippen LogP contribution in [0.15, 0.2) is 60.8 Å².